The van der Waals surface area contributed by atoms with Gasteiger partial charge in [0.05, 0.1) is 0 Å². The number of carbonyl (C=O) groups excluding carboxylic acids is 1. The van der Waals surface area contributed by atoms with Gasteiger partial charge in [0, 0.05) is 20.0 Å². The molecule has 0 aliphatic rings. The summed E-state index contributed by atoms with van der Waals surface area (Å²) in [4.78, 5) is 26.8. The van der Waals surface area contributed by atoms with Crippen LogP contribution in [0.15, 0.2) is 18.2 Å². The highest BCUT2D eigenvalue weighted by Crippen LogP contribution is 2.03. The molecule has 0 aliphatic heterocycles. The van der Waals surface area contributed by atoms with Gasteiger partial charge >= 0.3 is 5.97 Å². The molecule has 1 N–H and O–H groups in total. The number of aliphatic carboxylic acids is 1. The van der Waals surface area contributed by atoms with Crippen LogP contribution in [0.4, 0.5) is 4.39 Å². The minimum atomic E-state index is -0.908. The average molecular weight is 240 g/mol. The number of rotatable bonds is 5. The van der Waals surface area contributed by atoms with Crippen LogP contribution in [0.2, 0.25) is 0 Å². The van der Waals surface area contributed by atoms with Crippen LogP contribution in [0.3, 0.4) is 0 Å². The number of carbonyl (C=O) groups is 2. The molecule has 0 radical (unpaired) electrons. The molecule has 5 nitrogen and oxygen atoms in total. The van der Waals surface area contributed by atoms with Crippen molar-refractivity contribution in [1.82, 2.24) is 9.88 Å². The van der Waals surface area contributed by atoms with Gasteiger partial charge in [-0.25, -0.2) is 4.98 Å². The van der Waals surface area contributed by atoms with Crippen molar-refractivity contribution in [2.75, 3.05) is 13.6 Å². The van der Waals surface area contributed by atoms with Crippen LogP contribution in [0.5, 0.6) is 0 Å². The molecule has 0 atom stereocenters. The van der Waals surface area contributed by atoms with E-state index in [4.69, 9.17) is 5.11 Å². The van der Waals surface area contributed by atoms with E-state index in [1.807, 2.05) is 0 Å². The van der Waals surface area contributed by atoms with Crippen LogP contribution < -0.4 is 0 Å². The van der Waals surface area contributed by atoms with Gasteiger partial charge in [-0.05, 0) is 18.6 Å². The highest BCUT2D eigenvalue weighted by molar-refractivity contribution is 5.92. The Hall–Kier alpha value is -1.98. The van der Waals surface area contributed by atoms with Crippen LogP contribution in [0.1, 0.15) is 23.3 Å². The van der Waals surface area contributed by atoms with Crippen molar-refractivity contribution in [1.29, 1.82) is 0 Å². The molecular weight excluding hydrogens is 227 g/mol. The summed E-state index contributed by atoms with van der Waals surface area (Å²) in [7, 11) is 1.52. The molecule has 0 unspecified atom stereocenters. The monoisotopic (exact) mass is 240 g/mol. The van der Waals surface area contributed by atoms with E-state index in [0.29, 0.717) is 13.0 Å². The highest BCUT2D eigenvalue weighted by Gasteiger charge is 2.13. The molecule has 0 fully saturated rings. The van der Waals surface area contributed by atoms with E-state index < -0.39 is 17.8 Å². The molecule has 0 aliphatic carbocycles. The molecule has 0 aromatic carbocycles. The zero-order valence-electron chi connectivity index (χ0n) is 9.39. The standard InChI is InChI=1S/C11H13FN2O3/c1-14(7-3-6-10(15)16)11(17)8-4-2-5-9(12)13-8/h2,4-5H,3,6-7H2,1H3,(H,15,16). The highest BCUT2D eigenvalue weighted by atomic mass is 19.1. The number of carboxylic acids is 1. The van der Waals surface area contributed by atoms with Crippen molar-refractivity contribution < 1.29 is 19.1 Å². The van der Waals surface area contributed by atoms with E-state index >= 15 is 0 Å². The Morgan fingerprint density at radius 3 is 2.76 bits per heavy atom. The molecule has 1 amide bonds. The zero-order valence-corrected chi connectivity index (χ0v) is 9.39. The van der Waals surface area contributed by atoms with Crippen LogP contribution >= 0.6 is 0 Å². The van der Waals surface area contributed by atoms with Gasteiger partial charge in [0.15, 0.2) is 0 Å². The van der Waals surface area contributed by atoms with Gasteiger partial charge in [-0.3, -0.25) is 9.59 Å². The lowest BCUT2D eigenvalue weighted by Gasteiger charge is -2.15. The molecule has 1 rings (SSSR count). The predicted octanol–water partition coefficient (Wildman–Crippen LogP) is 1.16. The minimum absolute atomic E-state index is 0.00575. The lowest BCUT2D eigenvalue weighted by Crippen LogP contribution is -2.29. The van der Waals surface area contributed by atoms with Gasteiger partial charge < -0.3 is 10.0 Å². The van der Waals surface area contributed by atoms with E-state index in [-0.39, 0.29) is 12.1 Å². The van der Waals surface area contributed by atoms with Crippen molar-refractivity contribution in [3.8, 4) is 0 Å². The van der Waals surface area contributed by atoms with Gasteiger partial charge in [0.25, 0.3) is 5.91 Å². The summed E-state index contributed by atoms with van der Waals surface area (Å²) in [6.07, 6.45) is 0.348. The maximum Gasteiger partial charge on any atom is 0.303 e. The summed E-state index contributed by atoms with van der Waals surface area (Å²) in [5.74, 6) is -2.04. The van der Waals surface area contributed by atoms with Gasteiger partial charge in [0.2, 0.25) is 5.95 Å². The number of nitrogens with zero attached hydrogens (tertiary/aromatic N) is 2. The predicted molar refractivity (Wildman–Crippen MR) is 58.0 cm³/mol. The van der Waals surface area contributed by atoms with E-state index in [1.54, 1.807) is 0 Å². The summed E-state index contributed by atoms with van der Waals surface area (Å²) in [6, 6.07) is 3.97. The van der Waals surface area contributed by atoms with Crippen molar-refractivity contribution in [3.05, 3.63) is 29.8 Å². The Balaban J connectivity index is 2.54. The average Bonchev–Trinajstić information content (AvgIpc) is 2.27. The third-order valence-electron chi connectivity index (χ3n) is 2.17. The summed E-state index contributed by atoms with van der Waals surface area (Å²) in [5.41, 5.74) is 0.0165. The Kier molecular flexibility index (Phi) is 4.56. The Morgan fingerprint density at radius 2 is 2.18 bits per heavy atom. The molecule has 1 heterocycles. The topological polar surface area (TPSA) is 70.5 Å². The first kappa shape index (κ1) is 13.1. The van der Waals surface area contributed by atoms with Crippen LogP contribution in [-0.4, -0.2) is 40.5 Å². The second-order valence-corrected chi connectivity index (χ2v) is 3.57. The summed E-state index contributed by atoms with van der Waals surface area (Å²) >= 11 is 0. The van der Waals surface area contributed by atoms with Crippen LogP contribution in [0, 0.1) is 5.95 Å². The van der Waals surface area contributed by atoms with Gasteiger partial charge in [0.1, 0.15) is 5.69 Å². The number of amides is 1. The lowest BCUT2D eigenvalue weighted by molar-refractivity contribution is -0.137. The maximum absolute atomic E-state index is 12.8. The molecule has 0 saturated heterocycles. The molecule has 1 aromatic heterocycles. The summed E-state index contributed by atoms with van der Waals surface area (Å²) < 4.78 is 12.8. The van der Waals surface area contributed by atoms with E-state index in [9.17, 15) is 14.0 Å². The number of aromatic nitrogens is 1. The Morgan fingerprint density at radius 1 is 1.47 bits per heavy atom. The quantitative estimate of drug-likeness (QED) is 0.784. The largest absolute Gasteiger partial charge is 0.481 e. The number of hydrogen-bond donors (Lipinski definition) is 1. The fourth-order valence-corrected chi connectivity index (χ4v) is 1.29. The van der Waals surface area contributed by atoms with Gasteiger partial charge in [-0.2, -0.15) is 4.39 Å². The number of hydrogen-bond acceptors (Lipinski definition) is 3. The fourth-order valence-electron chi connectivity index (χ4n) is 1.29. The summed E-state index contributed by atoms with van der Waals surface area (Å²) in [6.45, 7) is 0.295. The zero-order chi connectivity index (χ0) is 12.8. The van der Waals surface area contributed by atoms with Gasteiger partial charge in [-0.1, -0.05) is 6.07 Å². The minimum Gasteiger partial charge on any atom is -0.481 e. The summed E-state index contributed by atoms with van der Waals surface area (Å²) in [5, 5.41) is 8.45. The van der Waals surface area contributed by atoms with Gasteiger partial charge in [-0.15, -0.1) is 0 Å². The SMILES string of the molecule is CN(CCCC(=O)O)C(=O)c1cccc(F)n1. The number of carboxylic acid groups (broad SMARTS) is 1. The van der Waals surface area contributed by atoms with Crippen molar-refractivity contribution in [2.24, 2.45) is 0 Å². The second-order valence-electron chi connectivity index (χ2n) is 3.57. The first-order valence-electron chi connectivity index (χ1n) is 5.10. The lowest BCUT2D eigenvalue weighted by atomic mass is 10.2. The number of pyridine rings is 1. The molecule has 17 heavy (non-hydrogen) atoms. The third kappa shape index (κ3) is 4.18. The molecule has 6 heteroatoms. The first-order chi connectivity index (χ1) is 8.00. The van der Waals surface area contributed by atoms with Crippen LogP contribution in [-0.2, 0) is 4.79 Å². The molecule has 1 aromatic rings. The van der Waals surface area contributed by atoms with E-state index in [0.717, 1.165) is 6.07 Å². The molecule has 92 valence electrons. The Labute approximate surface area is 97.9 Å². The maximum atomic E-state index is 12.8. The smallest absolute Gasteiger partial charge is 0.303 e. The van der Waals surface area contributed by atoms with E-state index in [2.05, 4.69) is 4.98 Å². The fraction of sp³-hybridized carbons (Fsp3) is 0.364. The van der Waals surface area contributed by atoms with Crippen molar-refractivity contribution in [3.63, 3.8) is 0 Å². The van der Waals surface area contributed by atoms with Crippen LogP contribution in [0.25, 0.3) is 0 Å². The second kappa shape index (κ2) is 5.93. The van der Waals surface area contributed by atoms with Crippen molar-refractivity contribution >= 4 is 11.9 Å². The normalized spacial score (nSPS) is 10.0. The Bertz CT molecular complexity index is 423. The third-order valence-corrected chi connectivity index (χ3v) is 2.17. The van der Waals surface area contributed by atoms with Crippen molar-refractivity contribution in [2.45, 2.75) is 12.8 Å². The molecule has 0 bridgehead atoms. The first-order valence-corrected chi connectivity index (χ1v) is 5.10. The molecule has 0 saturated carbocycles. The number of halogens is 1. The molecular formula is C11H13FN2O3. The van der Waals surface area contributed by atoms with E-state index in [1.165, 1.54) is 24.1 Å². The molecule has 0 spiro atoms.